The van der Waals surface area contributed by atoms with Gasteiger partial charge in [-0.1, -0.05) is 216 Å². The van der Waals surface area contributed by atoms with Gasteiger partial charge < -0.3 is 4.90 Å². The summed E-state index contributed by atoms with van der Waals surface area (Å²) >= 11 is 0. The van der Waals surface area contributed by atoms with E-state index in [9.17, 15) is 0 Å². The second kappa shape index (κ2) is 14.1. The van der Waals surface area contributed by atoms with E-state index in [0.717, 1.165) is 11.4 Å². The molecule has 0 atom stereocenters. The number of fused-ring (bicyclic) bond motifs is 11. The van der Waals surface area contributed by atoms with Crippen molar-refractivity contribution in [3.63, 3.8) is 0 Å². The second-order valence-corrected chi connectivity index (χ2v) is 19.6. The topological polar surface area (TPSA) is 3.24 Å². The van der Waals surface area contributed by atoms with Crippen LogP contribution in [0.2, 0.25) is 0 Å². The maximum absolute atomic E-state index is 2.58. The Kier molecular flexibility index (Phi) is 8.28. The number of nitrogens with zero attached hydrogens (tertiary/aromatic N) is 1. The molecule has 0 spiro atoms. The molecule has 3 aliphatic carbocycles. The van der Waals surface area contributed by atoms with E-state index in [1.165, 1.54) is 105 Å². The van der Waals surface area contributed by atoms with E-state index in [1.54, 1.807) is 0 Å². The third-order valence-corrected chi connectivity index (χ3v) is 15.5. The van der Waals surface area contributed by atoms with Gasteiger partial charge >= 0.3 is 0 Å². The normalized spacial score (nSPS) is 15.0. The molecule has 66 heavy (non-hydrogen) atoms. The minimum absolute atomic E-state index is 0.167. The van der Waals surface area contributed by atoms with Crippen molar-refractivity contribution in [3.8, 4) is 44.5 Å². The molecule has 10 aromatic carbocycles. The van der Waals surface area contributed by atoms with Gasteiger partial charge in [-0.2, -0.15) is 0 Å². The van der Waals surface area contributed by atoms with Crippen LogP contribution >= 0.6 is 0 Å². The summed E-state index contributed by atoms with van der Waals surface area (Å²) in [6, 6.07) is 84.6. The average Bonchev–Trinajstić information content (AvgIpc) is 3.89. The SMILES string of the molecule is CC1(C)c2ccccc2-c2ccc(N(c3ccc4c(c3)C(c3ccccc3)(c3ccccc3)c3ccccc3-4)c3cc4c(c5ccccc35)C(C)(C)c3ccc(-c5ccccc5)cc3-4)cc21. The molecular weight excluding hydrogens is 795 g/mol. The molecule has 0 aliphatic heterocycles. The quantitative estimate of drug-likeness (QED) is 0.161. The van der Waals surface area contributed by atoms with Gasteiger partial charge in [0.05, 0.1) is 11.1 Å². The Labute approximate surface area is 388 Å². The number of benzene rings is 10. The summed E-state index contributed by atoms with van der Waals surface area (Å²) in [6.07, 6.45) is 0. The summed E-state index contributed by atoms with van der Waals surface area (Å²) in [6.45, 7) is 9.60. The third-order valence-electron chi connectivity index (χ3n) is 15.5. The Morgan fingerprint density at radius 3 is 1.47 bits per heavy atom. The third kappa shape index (κ3) is 5.29. The lowest BCUT2D eigenvalue weighted by molar-refractivity contribution is 0.660. The van der Waals surface area contributed by atoms with Crippen molar-refractivity contribution >= 4 is 27.8 Å². The van der Waals surface area contributed by atoms with Crippen LogP contribution in [-0.2, 0) is 16.2 Å². The molecule has 13 rings (SSSR count). The van der Waals surface area contributed by atoms with Crippen LogP contribution in [0.15, 0.2) is 224 Å². The fourth-order valence-electron chi connectivity index (χ4n) is 12.5. The molecule has 314 valence electrons. The van der Waals surface area contributed by atoms with E-state index in [0.29, 0.717) is 0 Å². The van der Waals surface area contributed by atoms with Crippen molar-refractivity contribution in [2.45, 2.75) is 43.9 Å². The fraction of sp³-hybridized carbons (Fsp3) is 0.108. The van der Waals surface area contributed by atoms with Crippen LogP contribution in [0.5, 0.6) is 0 Å². The van der Waals surface area contributed by atoms with Gasteiger partial charge in [0, 0.05) is 27.6 Å². The van der Waals surface area contributed by atoms with Crippen molar-refractivity contribution in [1.82, 2.24) is 0 Å². The van der Waals surface area contributed by atoms with Gasteiger partial charge in [-0.05, 0) is 131 Å². The zero-order chi connectivity index (χ0) is 44.4. The lowest BCUT2D eigenvalue weighted by Gasteiger charge is -2.35. The minimum Gasteiger partial charge on any atom is -0.310 e. The first-order valence-corrected chi connectivity index (χ1v) is 23.4. The molecule has 0 saturated heterocycles. The predicted molar refractivity (Wildman–Crippen MR) is 276 cm³/mol. The first kappa shape index (κ1) is 38.7. The summed E-state index contributed by atoms with van der Waals surface area (Å²) < 4.78 is 0. The molecule has 10 aromatic rings. The molecule has 1 nitrogen and oxygen atoms in total. The first-order chi connectivity index (χ1) is 32.3. The molecule has 0 heterocycles. The lowest BCUT2D eigenvalue weighted by atomic mass is 9.67. The van der Waals surface area contributed by atoms with E-state index in [-0.39, 0.29) is 10.8 Å². The van der Waals surface area contributed by atoms with Gasteiger partial charge in [-0.25, -0.2) is 0 Å². The lowest BCUT2D eigenvalue weighted by Crippen LogP contribution is -2.28. The maximum atomic E-state index is 2.58. The van der Waals surface area contributed by atoms with Crippen molar-refractivity contribution in [2.24, 2.45) is 0 Å². The molecule has 0 amide bonds. The zero-order valence-electron chi connectivity index (χ0n) is 37.8. The number of hydrogen-bond acceptors (Lipinski definition) is 1. The largest absolute Gasteiger partial charge is 0.310 e. The van der Waals surface area contributed by atoms with Crippen LogP contribution in [0.1, 0.15) is 72.2 Å². The second-order valence-electron chi connectivity index (χ2n) is 19.6. The Morgan fingerprint density at radius 1 is 0.303 bits per heavy atom. The zero-order valence-corrected chi connectivity index (χ0v) is 37.8. The van der Waals surface area contributed by atoms with E-state index >= 15 is 0 Å². The van der Waals surface area contributed by atoms with Crippen molar-refractivity contribution in [3.05, 3.63) is 269 Å². The van der Waals surface area contributed by atoms with Gasteiger partial charge in [0.25, 0.3) is 0 Å². The molecule has 0 unspecified atom stereocenters. The van der Waals surface area contributed by atoms with Gasteiger partial charge in [-0.3, -0.25) is 0 Å². The summed E-state index contributed by atoms with van der Waals surface area (Å²) in [5, 5.41) is 2.53. The van der Waals surface area contributed by atoms with Crippen LogP contribution in [0, 0.1) is 0 Å². The highest BCUT2D eigenvalue weighted by atomic mass is 15.1. The highest BCUT2D eigenvalue weighted by Gasteiger charge is 2.47. The fourth-order valence-corrected chi connectivity index (χ4v) is 12.5. The van der Waals surface area contributed by atoms with Crippen molar-refractivity contribution in [2.75, 3.05) is 4.90 Å². The monoisotopic (exact) mass is 843 g/mol. The summed E-state index contributed by atoms with van der Waals surface area (Å²) in [5.74, 6) is 0. The molecular formula is C65H49N. The summed E-state index contributed by atoms with van der Waals surface area (Å²) in [4.78, 5) is 2.58. The first-order valence-electron chi connectivity index (χ1n) is 23.4. The molecule has 3 aliphatic rings. The molecule has 1 heteroatoms. The summed E-state index contributed by atoms with van der Waals surface area (Å²) in [7, 11) is 0. The van der Waals surface area contributed by atoms with Crippen LogP contribution in [0.3, 0.4) is 0 Å². The summed E-state index contributed by atoms with van der Waals surface area (Å²) in [5.41, 5.74) is 23.5. The minimum atomic E-state index is -0.533. The smallest absolute Gasteiger partial charge is 0.0714 e. The predicted octanol–water partition coefficient (Wildman–Crippen LogP) is 17.0. The van der Waals surface area contributed by atoms with Crippen LogP contribution in [-0.4, -0.2) is 0 Å². The number of rotatable bonds is 6. The van der Waals surface area contributed by atoms with E-state index in [1.807, 2.05) is 0 Å². The van der Waals surface area contributed by atoms with Gasteiger partial charge in [-0.15, -0.1) is 0 Å². The van der Waals surface area contributed by atoms with Crippen molar-refractivity contribution in [1.29, 1.82) is 0 Å². The van der Waals surface area contributed by atoms with Crippen LogP contribution in [0.4, 0.5) is 17.1 Å². The molecule has 0 aromatic heterocycles. The number of hydrogen-bond donors (Lipinski definition) is 0. The van der Waals surface area contributed by atoms with Gasteiger partial charge in [0.15, 0.2) is 0 Å². The Bertz CT molecular complexity index is 3540. The molecule has 0 radical (unpaired) electrons. The van der Waals surface area contributed by atoms with Gasteiger partial charge in [0.2, 0.25) is 0 Å². The molecule has 0 bridgehead atoms. The highest BCUT2D eigenvalue weighted by molar-refractivity contribution is 6.08. The standard InChI is InChI=1S/C65H49N/c1-63(2)56-30-18-16-26-48(56)50-35-33-46(39-59(50)63)66(47-34-36-51-49-27-17-19-31-58(49)65(60(51)40-47,44-22-10-6-11-23-44)45-24-12-7-13-25-45)61-41-55-54-38-43(42-20-8-5-9-21-42)32-37-57(54)64(3,4)62(55)53-29-15-14-28-52(53)61/h5-41H,1-4H3. The Balaban J connectivity index is 1.12. The van der Waals surface area contributed by atoms with Crippen LogP contribution < -0.4 is 4.90 Å². The molecule has 0 fully saturated rings. The van der Waals surface area contributed by atoms with Gasteiger partial charge in [0.1, 0.15) is 0 Å². The number of anilines is 3. The Hall–Kier alpha value is -7.74. The van der Waals surface area contributed by atoms with E-state index < -0.39 is 5.41 Å². The maximum Gasteiger partial charge on any atom is 0.0714 e. The molecule has 0 N–H and O–H groups in total. The molecule has 0 saturated carbocycles. The van der Waals surface area contributed by atoms with E-state index in [4.69, 9.17) is 0 Å². The highest BCUT2D eigenvalue weighted by Crippen LogP contribution is 2.60. The Morgan fingerprint density at radius 2 is 0.803 bits per heavy atom. The van der Waals surface area contributed by atoms with Crippen molar-refractivity contribution < 1.29 is 0 Å². The van der Waals surface area contributed by atoms with E-state index in [2.05, 4.69) is 257 Å². The van der Waals surface area contributed by atoms with Crippen LogP contribution in [0.25, 0.3) is 55.3 Å². The average molecular weight is 844 g/mol.